The van der Waals surface area contributed by atoms with Crippen LogP contribution >= 0.6 is 11.6 Å². The van der Waals surface area contributed by atoms with Gasteiger partial charge in [-0.15, -0.1) is 0 Å². The number of carbonyl (C=O) groups excluding carboxylic acids is 2. The Hall–Kier alpha value is -1.71. The molecule has 3 rings (SSSR count). The van der Waals surface area contributed by atoms with Gasteiger partial charge in [0.1, 0.15) is 5.82 Å². The highest BCUT2D eigenvalue weighted by Crippen LogP contribution is 2.18. The van der Waals surface area contributed by atoms with Gasteiger partial charge in [-0.3, -0.25) is 14.5 Å². The van der Waals surface area contributed by atoms with Crippen LogP contribution in [0.5, 0.6) is 0 Å². The third-order valence-electron chi connectivity index (χ3n) is 4.78. The molecular formula is C17H21ClFN3O4S. The van der Waals surface area contributed by atoms with Crippen LogP contribution in [-0.4, -0.2) is 80.3 Å². The Morgan fingerprint density at radius 2 is 1.93 bits per heavy atom. The van der Waals surface area contributed by atoms with Crippen LogP contribution in [-0.2, 0) is 14.6 Å². The first kappa shape index (κ1) is 20.0. The molecule has 0 aromatic heterocycles. The molecule has 0 aliphatic carbocycles. The number of rotatable bonds is 4. The first-order valence-electron chi connectivity index (χ1n) is 8.70. The van der Waals surface area contributed by atoms with Gasteiger partial charge in [0.2, 0.25) is 5.91 Å². The molecule has 2 aliphatic heterocycles. The lowest BCUT2D eigenvalue weighted by Gasteiger charge is -2.34. The van der Waals surface area contributed by atoms with Crippen LogP contribution in [0.2, 0.25) is 5.02 Å². The zero-order valence-corrected chi connectivity index (χ0v) is 16.2. The highest BCUT2D eigenvalue weighted by atomic mass is 35.5. The maximum atomic E-state index is 13.9. The molecule has 1 N–H and O–H groups in total. The van der Waals surface area contributed by atoms with Crippen LogP contribution in [0.25, 0.3) is 0 Å². The standard InChI is InChI=1S/C17H21ClFN3O4S/c18-12-1-2-15(19)14(9-12)17(24)22-6-4-21(5-7-22)10-16(23)20-13-3-8-27(25,26)11-13/h1-2,9,13H,3-8,10-11H2,(H,20,23)/t13-/m0/s1. The van der Waals surface area contributed by atoms with Crippen molar-refractivity contribution < 1.29 is 22.4 Å². The zero-order valence-electron chi connectivity index (χ0n) is 14.7. The summed E-state index contributed by atoms with van der Waals surface area (Å²) in [5.41, 5.74) is -0.0591. The van der Waals surface area contributed by atoms with E-state index in [2.05, 4.69) is 5.32 Å². The molecule has 0 saturated carbocycles. The molecule has 0 unspecified atom stereocenters. The normalized spacial score (nSPS) is 22.6. The molecule has 1 atom stereocenters. The SMILES string of the molecule is O=C(CN1CCN(C(=O)c2cc(Cl)ccc2F)CC1)N[C@H]1CCS(=O)(=O)C1. The van der Waals surface area contributed by atoms with Gasteiger partial charge >= 0.3 is 0 Å². The van der Waals surface area contributed by atoms with Crippen molar-refractivity contribution in [2.45, 2.75) is 12.5 Å². The number of halogens is 2. The van der Waals surface area contributed by atoms with Crippen LogP contribution in [0.15, 0.2) is 18.2 Å². The predicted molar refractivity (Wildman–Crippen MR) is 99.0 cm³/mol. The van der Waals surface area contributed by atoms with Crippen molar-refractivity contribution in [3.05, 3.63) is 34.6 Å². The van der Waals surface area contributed by atoms with Gasteiger partial charge in [-0.05, 0) is 24.6 Å². The van der Waals surface area contributed by atoms with Gasteiger partial charge < -0.3 is 10.2 Å². The van der Waals surface area contributed by atoms with E-state index in [1.807, 2.05) is 4.90 Å². The summed E-state index contributed by atoms with van der Waals surface area (Å²) < 4.78 is 36.7. The average molecular weight is 418 g/mol. The lowest BCUT2D eigenvalue weighted by molar-refractivity contribution is -0.123. The Bertz CT molecular complexity index is 841. The minimum absolute atomic E-state index is 0.00772. The zero-order chi connectivity index (χ0) is 19.6. The second-order valence-corrected chi connectivity index (χ2v) is 9.53. The summed E-state index contributed by atoms with van der Waals surface area (Å²) in [5.74, 6) is -1.16. The van der Waals surface area contributed by atoms with Crippen LogP contribution in [0.4, 0.5) is 4.39 Å². The summed E-state index contributed by atoms with van der Waals surface area (Å²) in [7, 11) is -3.04. The average Bonchev–Trinajstić information content (AvgIpc) is 2.95. The molecule has 1 aromatic carbocycles. The van der Waals surface area contributed by atoms with Crippen molar-refractivity contribution in [3.63, 3.8) is 0 Å². The Balaban J connectivity index is 1.48. The molecule has 2 fully saturated rings. The predicted octanol–water partition coefficient (Wildman–Crippen LogP) is 0.540. The number of nitrogens with one attached hydrogen (secondary N) is 1. The van der Waals surface area contributed by atoms with Gasteiger partial charge in [0, 0.05) is 37.2 Å². The van der Waals surface area contributed by atoms with Crippen molar-refractivity contribution >= 4 is 33.3 Å². The van der Waals surface area contributed by atoms with Crippen molar-refractivity contribution in [2.75, 3.05) is 44.2 Å². The first-order valence-corrected chi connectivity index (χ1v) is 10.9. The number of hydrogen-bond acceptors (Lipinski definition) is 5. The number of sulfone groups is 1. The van der Waals surface area contributed by atoms with E-state index < -0.39 is 21.6 Å². The highest BCUT2D eigenvalue weighted by molar-refractivity contribution is 7.91. The molecule has 27 heavy (non-hydrogen) atoms. The third kappa shape index (κ3) is 5.18. The summed E-state index contributed by atoms with van der Waals surface area (Å²) >= 11 is 5.84. The third-order valence-corrected chi connectivity index (χ3v) is 6.79. The molecule has 2 saturated heterocycles. The monoisotopic (exact) mass is 417 g/mol. The van der Waals surface area contributed by atoms with Crippen LogP contribution in [0, 0.1) is 5.82 Å². The van der Waals surface area contributed by atoms with E-state index in [0.717, 1.165) is 0 Å². The van der Waals surface area contributed by atoms with E-state index in [9.17, 15) is 22.4 Å². The second kappa shape index (κ2) is 8.12. The topological polar surface area (TPSA) is 86.8 Å². The summed E-state index contributed by atoms with van der Waals surface area (Å²) in [4.78, 5) is 28.0. The second-order valence-electron chi connectivity index (χ2n) is 6.86. The van der Waals surface area contributed by atoms with E-state index >= 15 is 0 Å². The first-order chi connectivity index (χ1) is 12.7. The van der Waals surface area contributed by atoms with Crippen LogP contribution in [0.3, 0.4) is 0 Å². The fourth-order valence-electron chi connectivity index (χ4n) is 3.33. The number of benzene rings is 1. The Kier molecular flexibility index (Phi) is 6.02. The molecule has 2 aliphatic rings. The lowest BCUT2D eigenvalue weighted by atomic mass is 10.1. The molecule has 0 bridgehead atoms. The maximum Gasteiger partial charge on any atom is 0.256 e. The van der Waals surface area contributed by atoms with Gasteiger partial charge in [-0.1, -0.05) is 11.6 Å². The quantitative estimate of drug-likeness (QED) is 0.772. The Morgan fingerprint density at radius 1 is 1.22 bits per heavy atom. The fourth-order valence-corrected chi connectivity index (χ4v) is 5.17. The molecule has 1 aromatic rings. The minimum atomic E-state index is -3.04. The van der Waals surface area contributed by atoms with Crippen molar-refractivity contribution in [3.8, 4) is 0 Å². The molecule has 0 spiro atoms. The Morgan fingerprint density at radius 3 is 2.56 bits per heavy atom. The van der Waals surface area contributed by atoms with Crippen LogP contribution in [0.1, 0.15) is 16.8 Å². The number of amides is 2. The van der Waals surface area contributed by atoms with E-state index in [4.69, 9.17) is 11.6 Å². The summed E-state index contributed by atoms with van der Waals surface area (Å²) in [6, 6.07) is 3.55. The molecule has 2 amide bonds. The molecule has 7 nitrogen and oxygen atoms in total. The fraction of sp³-hybridized carbons (Fsp3) is 0.529. The van der Waals surface area contributed by atoms with Gasteiger partial charge in [-0.25, -0.2) is 12.8 Å². The van der Waals surface area contributed by atoms with Gasteiger partial charge in [0.05, 0.1) is 23.6 Å². The molecule has 2 heterocycles. The van der Waals surface area contributed by atoms with E-state index in [-0.39, 0.29) is 35.6 Å². The molecule has 0 radical (unpaired) electrons. The maximum absolute atomic E-state index is 13.9. The summed E-state index contributed by atoms with van der Waals surface area (Å²) in [5, 5.41) is 3.05. The molecule has 148 valence electrons. The smallest absolute Gasteiger partial charge is 0.256 e. The number of hydrogen-bond donors (Lipinski definition) is 1. The van der Waals surface area contributed by atoms with Gasteiger partial charge in [-0.2, -0.15) is 0 Å². The van der Waals surface area contributed by atoms with Crippen molar-refractivity contribution in [2.24, 2.45) is 0 Å². The summed E-state index contributed by atoms with van der Waals surface area (Å²) in [6.45, 7) is 1.84. The Labute approximate surface area is 162 Å². The lowest BCUT2D eigenvalue weighted by Crippen LogP contribution is -2.52. The van der Waals surface area contributed by atoms with Crippen molar-refractivity contribution in [1.29, 1.82) is 0 Å². The molecular weight excluding hydrogens is 397 g/mol. The minimum Gasteiger partial charge on any atom is -0.351 e. The van der Waals surface area contributed by atoms with E-state index in [1.165, 1.54) is 23.1 Å². The van der Waals surface area contributed by atoms with E-state index in [1.54, 1.807) is 0 Å². The van der Waals surface area contributed by atoms with Crippen molar-refractivity contribution in [1.82, 2.24) is 15.1 Å². The van der Waals surface area contributed by atoms with E-state index in [0.29, 0.717) is 37.6 Å². The number of carbonyl (C=O) groups is 2. The highest BCUT2D eigenvalue weighted by Gasteiger charge is 2.30. The van der Waals surface area contributed by atoms with Crippen LogP contribution < -0.4 is 5.32 Å². The van der Waals surface area contributed by atoms with Gasteiger partial charge in [0.25, 0.3) is 5.91 Å². The molecule has 10 heteroatoms. The largest absolute Gasteiger partial charge is 0.351 e. The number of nitrogens with zero attached hydrogens (tertiary/aromatic N) is 2. The summed E-state index contributed by atoms with van der Waals surface area (Å²) in [6.07, 6.45) is 0.446. The number of piperazine rings is 1. The van der Waals surface area contributed by atoms with Gasteiger partial charge in [0.15, 0.2) is 9.84 Å².